The van der Waals surface area contributed by atoms with Crippen LogP contribution in [0.25, 0.3) is 17.3 Å². The average molecular weight is 443 g/mol. The summed E-state index contributed by atoms with van der Waals surface area (Å²) in [4.78, 5) is 21.2. The van der Waals surface area contributed by atoms with Gasteiger partial charge in [0.15, 0.2) is 5.13 Å². The molecule has 0 saturated heterocycles. The first-order valence-electron chi connectivity index (χ1n) is 9.26. The molecule has 2 heterocycles. The molecule has 1 aromatic carbocycles. The summed E-state index contributed by atoms with van der Waals surface area (Å²) in [7, 11) is -3.82. The molecule has 0 saturated carbocycles. The van der Waals surface area contributed by atoms with Crippen molar-refractivity contribution in [1.29, 1.82) is 0 Å². The number of rotatable bonds is 8. The predicted molar refractivity (Wildman–Crippen MR) is 120 cm³/mol. The first-order valence-corrected chi connectivity index (χ1v) is 11.7. The molecule has 0 aliphatic rings. The normalized spacial score (nSPS) is 12.9. The maximum absolute atomic E-state index is 12.7. The van der Waals surface area contributed by atoms with Gasteiger partial charge in [0.1, 0.15) is 6.04 Å². The monoisotopic (exact) mass is 442 g/mol. The fourth-order valence-electron chi connectivity index (χ4n) is 2.60. The van der Waals surface area contributed by atoms with Crippen molar-refractivity contribution in [3.63, 3.8) is 0 Å². The molecular formula is C21H22N4O3S2. The quantitative estimate of drug-likeness (QED) is 0.553. The van der Waals surface area contributed by atoms with Crippen LogP contribution in [0.15, 0.2) is 65.6 Å². The van der Waals surface area contributed by atoms with Gasteiger partial charge in [0.05, 0.1) is 5.69 Å². The number of sulfonamides is 1. The van der Waals surface area contributed by atoms with Crippen molar-refractivity contribution < 1.29 is 13.2 Å². The largest absolute Gasteiger partial charge is 0.301 e. The van der Waals surface area contributed by atoms with E-state index in [9.17, 15) is 13.2 Å². The molecule has 3 rings (SSSR count). The number of nitrogens with one attached hydrogen (secondary N) is 2. The molecule has 0 bridgehead atoms. The number of anilines is 1. The number of thiazole rings is 1. The zero-order valence-corrected chi connectivity index (χ0v) is 18.2. The second-order valence-electron chi connectivity index (χ2n) is 6.87. The summed E-state index contributed by atoms with van der Waals surface area (Å²) >= 11 is 1.27. The van der Waals surface area contributed by atoms with E-state index in [1.807, 2.05) is 29.6 Å². The van der Waals surface area contributed by atoms with E-state index in [0.29, 0.717) is 10.8 Å². The van der Waals surface area contributed by atoms with Gasteiger partial charge in [0, 0.05) is 28.7 Å². The number of pyridine rings is 1. The number of amides is 1. The highest BCUT2D eigenvalue weighted by atomic mass is 32.2. The van der Waals surface area contributed by atoms with E-state index in [1.165, 1.54) is 17.4 Å². The third kappa shape index (κ3) is 6.06. The summed E-state index contributed by atoms with van der Waals surface area (Å²) in [5, 5.41) is 5.97. The molecule has 0 aliphatic heterocycles. The highest BCUT2D eigenvalue weighted by molar-refractivity contribution is 7.92. The number of benzene rings is 1. The van der Waals surface area contributed by atoms with Crippen molar-refractivity contribution in [2.45, 2.75) is 19.9 Å². The standard InChI is InChI=1S/C21H22N4O3S2/c1-15(2)19(25-30(27,28)12-10-16-7-4-3-5-8-16)20(26)24-21-23-18(14-29-21)17-9-6-11-22-13-17/h3-15,19,25H,1-2H3,(H,23,24,26). The van der Waals surface area contributed by atoms with E-state index in [-0.39, 0.29) is 5.92 Å². The van der Waals surface area contributed by atoms with E-state index in [0.717, 1.165) is 16.5 Å². The van der Waals surface area contributed by atoms with Gasteiger partial charge < -0.3 is 5.32 Å². The zero-order valence-electron chi connectivity index (χ0n) is 16.5. The molecule has 0 fully saturated rings. The molecule has 3 aromatic rings. The van der Waals surface area contributed by atoms with E-state index < -0.39 is 22.0 Å². The Balaban J connectivity index is 1.69. The Hall–Kier alpha value is -2.88. The van der Waals surface area contributed by atoms with Gasteiger partial charge in [0.25, 0.3) is 0 Å². The number of hydrogen-bond donors (Lipinski definition) is 2. The second-order valence-corrected chi connectivity index (χ2v) is 9.32. The minimum atomic E-state index is -3.82. The number of carbonyl (C=O) groups is 1. The summed E-state index contributed by atoms with van der Waals surface area (Å²) < 4.78 is 27.4. The Labute approximate surface area is 180 Å². The van der Waals surface area contributed by atoms with Gasteiger partial charge >= 0.3 is 0 Å². The van der Waals surface area contributed by atoms with Gasteiger partial charge in [-0.25, -0.2) is 13.4 Å². The lowest BCUT2D eigenvalue weighted by Crippen LogP contribution is -2.46. The van der Waals surface area contributed by atoms with E-state index in [2.05, 4.69) is 20.0 Å². The fraction of sp³-hybridized carbons (Fsp3) is 0.190. The van der Waals surface area contributed by atoms with Crippen LogP contribution in [0, 0.1) is 5.92 Å². The van der Waals surface area contributed by atoms with Gasteiger partial charge in [-0.1, -0.05) is 44.2 Å². The van der Waals surface area contributed by atoms with Crippen LogP contribution in [0.4, 0.5) is 5.13 Å². The molecule has 30 heavy (non-hydrogen) atoms. The van der Waals surface area contributed by atoms with Gasteiger partial charge in [-0.3, -0.25) is 9.78 Å². The van der Waals surface area contributed by atoms with Crippen molar-refractivity contribution in [2.75, 3.05) is 5.32 Å². The van der Waals surface area contributed by atoms with Crippen LogP contribution in [0.5, 0.6) is 0 Å². The Kier molecular flexibility index (Phi) is 7.09. The lowest BCUT2D eigenvalue weighted by Gasteiger charge is -2.20. The number of nitrogens with zero attached hydrogens (tertiary/aromatic N) is 2. The van der Waals surface area contributed by atoms with Gasteiger partial charge in [-0.15, -0.1) is 11.3 Å². The van der Waals surface area contributed by atoms with Crippen molar-refractivity contribution >= 4 is 38.5 Å². The van der Waals surface area contributed by atoms with Gasteiger partial charge in [-0.2, -0.15) is 4.72 Å². The molecule has 1 amide bonds. The second kappa shape index (κ2) is 9.75. The maximum atomic E-state index is 12.7. The van der Waals surface area contributed by atoms with Crippen molar-refractivity contribution in [3.8, 4) is 11.3 Å². The Morgan fingerprint density at radius 3 is 2.57 bits per heavy atom. The smallest absolute Gasteiger partial charge is 0.244 e. The first kappa shape index (κ1) is 21.8. The van der Waals surface area contributed by atoms with Gasteiger partial charge in [-0.05, 0) is 29.7 Å². The first-order chi connectivity index (χ1) is 14.3. The Morgan fingerprint density at radius 1 is 1.13 bits per heavy atom. The topological polar surface area (TPSA) is 101 Å². The number of aromatic nitrogens is 2. The van der Waals surface area contributed by atoms with Crippen molar-refractivity contribution in [3.05, 3.63) is 71.2 Å². The Morgan fingerprint density at radius 2 is 1.90 bits per heavy atom. The summed E-state index contributed by atoms with van der Waals surface area (Å²) in [6.07, 6.45) is 4.84. The fourth-order valence-corrected chi connectivity index (χ4v) is 4.47. The Bertz CT molecular complexity index is 1110. The van der Waals surface area contributed by atoms with Crippen LogP contribution < -0.4 is 10.0 Å². The minimum absolute atomic E-state index is 0.261. The van der Waals surface area contributed by atoms with Gasteiger partial charge in [0.2, 0.25) is 15.9 Å². The SMILES string of the molecule is CC(C)C(NS(=O)(=O)C=Cc1ccccc1)C(=O)Nc1nc(-c2cccnc2)cs1. The van der Waals surface area contributed by atoms with Crippen LogP contribution in [0.1, 0.15) is 19.4 Å². The lowest BCUT2D eigenvalue weighted by atomic mass is 10.1. The molecule has 0 radical (unpaired) electrons. The van der Waals surface area contributed by atoms with Crippen LogP contribution >= 0.6 is 11.3 Å². The van der Waals surface area contributed by atoms with Crippen LogP contribution in [0.3, 0.4) is 0 Å². The van der Waals surface area contributed by atoms with E-state index >= 15 is 0 Å². The van der Waals surface area contributed by atoms with Crippen LogP contribution in [-0.2, 0) is 14.8 Å². The van der Waals surface area contributed by atoms with E-state index in [1.54, 1.807) is 44.4 Å². The van der Waals surface area contributed by atoms with Crippen LogP contribution in [-0.4, -0.2) is 30.3 Å². The van der Waals surface area contributed by atoms with Crippen molar-refractivity contribution in [2.24, 2.45) is 5.92 Å². The minimum Gasteiger partial charge on any atom is -0.301 e. The number of hydrogen-bond acceptors (Lipinski definition) is 6. The molecule has 2 N–H and O–H groups in total. The number of carbonyl (C=O) groups excluding carboxylic acids is 1. The molecule has 1 unspecified atom stereocenters. The molecule has 0 spiro atoms. The van der Waals surface area contributed by atoms with E-state index in [4.69, 9.17) is 0 Å². The molecule has 0 aliphatic carbocycles. The van der Waals surface area contributed by atoms with Crippen molar-refractivity contribution in [1.82, 2.24) is 14.7 Å². The maximum Gasteiger partial charge on any atom is 0.244 e. The molecule has 156 valence electrons. The zero-order chi connectivity index (χ0) is 21.6. The summed E-state index contributed by atoms with van der Waals surface area (Å²) in [6, 6.07) is 11.8. The highest BCUT2D eigenvalue weighted by Gasteiger charge is 2.27. The third-order valence-electron chi connectivity index (χ3n) is 4.17. The molecule has 1 atom stereocenters. The lowest BCUT2D eigenvalue weighted by molar-refractivity contribution is -0.118. The highest BCUT2D eigenvalue weighted by Crippen LogP contribution is 2.24. The average Bonchev–Trinajstić information content (AvgIpc) is 3.20. The van der Waals surface area contributed by atoms with Crippen LogP contribution in [0.2, 0.25) is 0 Å². The molecular weight excluding hydrogens is 420 g/mol. The molecule has 7 nitrogen and oxygen atoms in total. The third-order valence-corrected chi connectivity index (χ3v) is 6.01. The molecule has 9 heteroatoms. The summed E-state index contributed by atoms with van der Waals surface area (Å²) in [5.41, 5.74) is 2.27. The molecule has 2 aromatic heterocycles. The predicted octanol–water partition coefficient (Wildman–Crippen LogP) is 3.76. The summed E-state index contributed by atoms with van der Waals surface area (Å²) in [6.45, 7) is 3.55. The summed E-state index contributed by atoms with van der Waals surface area (Å²) in [5.74, 6) is -0.726.